The Labute approximate surface area is 244 Å². The van der Waals surface area contributed by atoms with E-state index >= 15 is 0 Å². The third kappa shape index (κ3) is 5.85. The molecule has 0 radical (unpaired) electrons. The Morgan fingerprint density at radius 3 is 2.61 bits per heavy atom. The van der Waals surface area contributed by atoms with Crippen molar-refractivity contribution in [3.63, 3.8) is 0 Å². The van der Waals surface area contributed by atoms with Crippen LogP contribution in [0.5, 0.6) is 0 Å². The fourth-order valence-electron chi connectivity index (χ4n) is 4.57. The first-order valence-corrected chi connectivity index (χ1v) is 14.9. The number of benzene rings is 3. The predicted molar refractivity (Wildman–Crippen MR) is 154 cm³/mol. The predicted octanol–water partition coefficient (Wildman–Crippen LogP) is 5.20. The maximum absolute atomic E-state index is 13.2. The van der Waals surface area contributed by atoms with Crippen LogP contribution >= 0.6 is 23.2 Å². The topological polar surface area (TPSA) is 134 Å². The Morgan fingerprint density at radius 2 is 1.88 bits per heavy atom. The molecule has 3 aromatic carbocycles. The molecule has 41 heavy (non-hydrogen) atoms. The number of carbonyl (C=O) groups is 3. The number of nitrogens with one attached hydrogen (secondary N) is 1. The molecular formula is C29H22Cl2N2O7S. The van der Waals surface area contributed by atoms with Gasteiger partial charge in [-0.1, -0.05) is 41.4 Å². The summed E-state index contributed by atoms with van der Waals surface area (Å²) in [6.45, 7) is 0.136. The molecule has 0 aliphatic carbocycles. The minimum atomic E-state index is -3.50. The SMILES string of the molecule is CS(=O)(=O)c1cccc(C[C@H](NC(=O)c2c(Cl)cc3c(c2Cl)C=CN(C(=O)c2ccc4ccoc4c2)C3)C(=O)O)c1. The number of furan rings is 1. The van der Waals surface area contributed by atoms with E-state index in [1.54, 1.807) is 48.9 Å². The van der Waals surface area contributed by atoms with E-state index in [1.165, 1.54) is 29.2 Å². The van der Waals surface area contributed by atoms with Gasteiger partial charge < -0.3 is 19.7 Å². The second-order valence-corrected chi connectivity index (χ2v) is 12.3. The molecule has 4 aromatic rings. The smallest absolute Gasteiger partial charge is 0.326 e. The van der Waals surface area contributed by atoms with Gasteiger partial charge in [-0.3, -0.25) is 9.59 Å². The Bertz CT molecular complexity index is 1860. The summed E-state index contributed by atoms with van der Waals surface area (Å²) in [7, 11) is -3.50. The van der Waals surface area contributed by atoms with Crippen molar-refractivity contribution in [2.75, 3.05) is 6.26 Å². The Kier molecular flexibility index (Phi) is 7.65. The van der Waals surface area contributed by atoms with Crippen molar-refractivity contribution in [2.45, 2.75) is 23.9 Å². The number of fused-ring (bicyclic) bond motifs is 2. The van der Waals surface area contributed by atoms with E-state index in [-0.39, 0.29) is 39.4 Å². The monoisotopic (exact) mass is 612 g/mol. The number of aliphatic carboxylic acids is 1. The van der Waals surface area contributed by atoms with Crippen molar-refractivity contribution in [1.82, 2.24) is 10.2 Å². The minimum absolute atomic E-state index is 0.00793. The zero-order valence-electron chi connectivity index (χ0n) is 21.4. The first-order chi connectivity index (χ1) is 19.4. The standard InChI is InChI=1S/C29H22Cl2N2O7S/c1-41(38,39)20-4-2-3-16(11-20)12-23(29(36)37)32-27(34)25-22(30)13-19-15-33(9-7-21(19)26(25)31)28(35)18-6-5-17-8-10-40-24(17)14-18/h2-11,13-14,23H,12,15H2,1H3,(H,32,34)(H,36,37)/t23-/m0/s1. The molecule has 0 bridgehead atoms. The molecule has 0 unspecified atom stereocenters. The second kappa shape index (κ2) is 11.0. The molecule has 12 heteroatoms. The summed E-state index contributed by atoms with van der Waals surface area (Å²) in [5.41, 5.74) is 2.37. The summed E-state index contributed by atoms with van der Waals surface area (Å²) in [6.07, 6.45) is 5.55. The van der Waals surface area contributed by atoms with Gasteiger partial charge in [-0.25, -0.2) is 13.2 Å². The third-order valence-electron chi connectivity index (χ3n) is 6.66. The Morgan fingerprint density at radius 1 is 1.10 bits per heavy atom. The third-order valence-corrected chi connectivity index (χ3v) is 8.47. The fraction of sp³-hybridized carbons (Fsp3) is 0.138. The van der Waals surface area contributed by atoms with Crippen LogP contribution in [0.25, 0.3) is 17.0 Å². The van der Waals surface area contributed by atoms with Gasteiger partial charge in [-0.05, 0) is 53.6 Å². The number of carboxylic acid groups (broad SMARTS) is 1. The molecule has 0 fully saturated rings. The van der Waals surface area contributed by atoms with E-state index in [1.807, 2.05) is 0 Å². The Balaban J connectivity index is 1.36. The summed E-state index contributed by atoms with van der Waals surface area (Å²) < 4.78 is 29.2. The molecule has 0 saturated carbocycles. The number of rotatable bonds is 7. The van der Waals surface area contributed by atoms with Gasteiger partial charge in [0, 0.05) is 35.4 Å². The van der Waals surface area contributed by atoms with Crippen LogP contribution in [0.1, 0.15) is 37.4 Å². The number of nitrogens with zero attached hydrogens (tertiary/aromatic N) is 1. The first kappa shape index (κ1) is 28.4. The maximum atomic E-state index is 13.2. The number of hydrogen-bond donors (Lipinski definition) is 2. The molecule has 2 heterocycles. The van der Waals surface area contributed by atoms with Crippen molar-refractivity contribution in [1.29, 1.82) is 0 Å². The van der Waals surface area contributed by atoms with Crippen LogP contribution in [0, 0.1) is 0 Å². The normalized spacial score (nSPS) is 13.6. The van der Waals surface area contributed by atoms with Crippen LogP contribution in [0.3, 0.4) is 0 Å². The lowest BCUT2D eigenvalue weighted by Crippen LogP contribution is -2.42. The second-order valence-electron chi connectivity index (χ2n) is 9.53. The number of amides is 2. The first-order valence-electron chi connectivity index (χ1n) is 12.2. The van der Waals surface area contributed by atoms with Crippen LogP contribution in [0.15, 0.2) is 76.4 Å². The van der Waals surface area contributed by atoms with Crippen molar-refractivity contribution >= 4 is 67.9 Å². The summed E-state index contributed by atoms with van der Waals surface area (Å²) in [4.78, 5) is 39.8. The van der Waals surface area contributed by atoms with Crippen molar-refractivity contribution < 1.29 is 32.3 Å². The van der Waals surface area contributed by atoms with Gasteiger partial charge in [0.25, 0.3) is 11.8 Å². The lowest BCUT2D eigenvalue weighted by Gasteiger charge is -2.26. The van der Waals surface area contributed by atoms with Gasteiger partial charge in [-0.15, -0.1) is 0 Å². The van der Waals surface area contributed by atoms with E-state index in [0.717, 1.165) is 11.6 Å². The van der Waals surface area contributed by atoms with Gasteiger partial charge in [0.1, 0.15) is 11.6 Å². The number of sulfone groups is 1. The summed E-state index contributed by atoms with van der Waals surface area (Å²) >= 11 is 13.0. The fourth-order valence-corrected chi connectivity index (χ4v) is 5.99. The van der Waals surface area contributed by atoms with Crippen LogP contribution in [-0.2, 0) is 27.6 Å². The molecule has 1 aliphatic rings. The lowest BCUT2D eigenvalue weighted by molar-refractivity contribution is -0.139. The van der Waals surface area contributed by atoms with Crippen molar-refractivity contribution in [2.24, 2.45) is 0 Å². The quantitative estimate of drug-likeness (QED) is 0.293. The average Bonchev–Trinajstić information content (AvgIpc) is 3.39. The summed E-state index contributed by atoms with van der Waals surface area (Å²) in [5.74, 6) is -2.41. The van der Waals surface area contributed by atoms with Crippen molar-refractivity contribution in [3.05, 3.63) is 105 Å². The zero-order valence-corrected chi connectivity index (χ0v) is 23.8. The molecule has 1 atom stereocenters. The van der Waals surface area contributed by atoms with Gasteiger partial charge in [0.2, 0.25) is 0 Å². The maximum Gasteiger partial charge on any atom is 0.326 e. The van der Waals surface area contributed by atoms with Crippen molar-refractivity contribution in [3.8, 4) is 0 Å². The van der Waals surface area contributed by atoms with E-state index in [4.69, 9.17) is 27.6 Å². The highest BCUT2D eigenvalue weighted by atomic mass is 35.5. The average molecular weight is 613 g/mol. The molecule has 0 spiro atoms. The van der Waals surface area contributed by atoms with E-state index in [0.29, 0.717) is 27.8 Å². The largest absolute Gasteiger partial charge is 0.480 e. The molecule has 0 saturated heterocycles. The molecule has 5 rings (SSSR count). The molecule has 2 amide bonds. The molecule has 1 aliphatic heterocycles. The molecule has 2 N–H and O–H groups in total. The minimum Gasteiger partial charge on any atom is -0.480 e. The lowest BCUT2D eigenvalue weighted by atomic mass is 9.99. The van der Waals surface area contributed by atoms with Gasteiger partial charge >= 0.3 is 5.97 Å². The summed E-state index contributed by atoms with van der Waals surface area (Å²) in [5, 5.41) is 13.1. The van der Waals surface area contributed by atoms with Crippen LogP contribution < -0.4 is 5.32 Å². The van der Waals surface area contributed by atoms with Crippen LogP contribution in [0.2, 0.25) is 10.0 Å². The van der Waals surface area contributed by atoms with Crippen LogP contribution in [-0.4, -0.2) is 48.5 Å². The van der Waals surface area contributed by atoms with Gasteiger partial charge in [0.05, 0.1) is 33.3 Å². The van der Waals surface area contributed by atoms with Gasteiger partial charge in [-0.2, -0.15) is 0 Å². The van der Waals surface area contributed by atoms with Crippen LogP contribution in [0.4, 0.5) is 0 Å². The molecule has 1 aromatic heterocycles. The molecular weight excluding hydrogens is 591 g/mol. The highest BCUT2D eigenvalue weighted by Gasteiger charge is 2.28. The summed E-state index contributed by atoms with van der Waals surface area (Å²) in [6, 6.07) is 12.9. The van der Waals surface area contributed by atoms with E-state index in [9.17, 15) is 27.9 Å². The highest BCUT2D eigenvalue weighted by molar-refractivity contribution is 7.90. The van der Waals surface area contributed by atoms with Gasteiger partial charge in [0.15, 0.2) is 9.84 Å². The zero-order chi connectivity index (χ0) is 29.5. The van der Waals surface area contributed by atoms with E-state index < -0.39 is 27.8 Å². The number of halogens is 2. The Hall–Kier alpha value is -4.12. The highest BCUT2D eigenvalue weighted by Crippen LogP contribution is 2.35. The number of hydrogen-bond acceptors (Lipinski definition) is 6. The molecule has 210 valence electrons. The molecule has 9 nitrogen and oxygen atoms in total. The number of carbonyl (C=O) groups excluding carboxylic acids is 2. The number of carboxylic acids is 1. The van der Waals surface area contributed by atoms with E-state index in [2.05, 4.69) is 5.32 Å².